The second-order valence-electron chi connectivity index (χ2n) is 7.79. The summed E-state index contributed by atoms with van der Waals surface area (Å²) in [5.41, 5.74) is 2.23. The molecule has 29 heavy (non-hydrogen) atoms. The highest BCUT2D eigenvalue weighted by atomic mass is 32.1. The molecule has 156 valence electrons. The van der Waals surface area contributed by atoms with E-state index in [0.29, 0.717) is 17.2 Å². The summed E-state index contributed by atoms with van der Waals surface area (Å²) in [5, 5.41) is 5.57. The van der Waals surface area contributed by atoms with Crippen LogP contribution in [0.5, 0.6) is 0 Å². The molecule has 1 N–H and O–H groups in total. The lowest BCUT2D eigenvalue weighted by atomic mass is 9.79. The number of hydrogen-bond acceptors (Lipinski definition) is 4. The Morgan fingerprint density at radius 1 is 1.10 bits per heavy atom. The first-order valence-electron chi connectivity index (χ1n) is 10.8. The Balaban J connectivity index is 1.73. The number of benzene rings is 1. The Labute approximate surface area is 177 Å². The van der Waals surface area contributed by atoms with Gasteiger partial charge in [0.1, 0.15) is 10.6 Å². The van der Waals surface area contributed by atoms with Crippen molar-refractivity contribution in [3.8, 4) is 11.1 Å². The lowest BCUT2D eigenvalue weighted by Crippen LogP contribution is -2.27. The Kier molecular flexibility index (Phi) is 7.87. The van der Waals surface area contributed by atoms with E-state index < -0.39 is 0 Å². The van der Waals surface area contributed by atoms with Gasteiger partial charge in [-0.15, -0.1) is 11.3 Å². The van der Waals surface area contributed by atoms with E-state index in [2.05, 4.69) is 12.2 Å². The molecule has 1 fully saturated rings. The molecule has 1 aliphatic carbocycles. The number of amides is 1. The number of anilines is 1. The normalized spacial score (nSPS) is 19.0. The highest BCUT2D eigenvalue weighted by Crippen LogP contribution is 2.38. The van der Waals surface area contributed by atoms with Crippen LogP contribution >= 0.6 is 11.3 Å². The predicted octanol–water partition coefficient (Wildman–Crippen LogP) is 6.53. The summed E-state index contributed by atoms with van der Waals surface area (Å²) >= 11 is 1.40. The zero-order valence-corrected chi connectivity index (χ0v) is 18.2. The van der Waals surface area contributed by atoms with Gasteiger partial charge in [-0.1, -0.05) is 56.5 Å². The maximum atomic E-state index is 12.9. The van der Waals surface area contributed by atoms with E-state index >= 15 is 0 Å². The standard InChI is InChI=1S/C24H31NO3S/c1-3-5-9-17-12-14-19(15-13-17)22(26)25-23-21(24(27)28-4-2)20(16-29-23)18-10-7-6-8-11-18/h6-8,10-11,16-17,19H,3-5,9,12-15H2,1-2H3,(H,25,26). The molecule has 3 rings (SSSR count). The third kappa shape index (κ3) is 5.47. The summed E-state index contributed by atoms with van der Waals surface area (Å²) in [7, 11) is 0. The first kappa shape index (κ1) is 21.6. The van der Waals surface area contributed by atoms with Crippen LogP contribution in [0, 0.1) is 11.8 Å². The molecular weight excluding hydrogens is 382 g/mol. The molecule has 1 amide bonds. The Hall–Kier alpha value is -2.14. The fourth-order valence-corrected chi connectivity index (χ4v) is 5.07. The van der Waals surface area contributed by atoms with Crippen molar-refractivity contribution in [1.29, 1.82) is 0 Å². The molecule has 4 nitrogen and oxygen atoms in total. The highest BCUT2D eigenvalue weighted by Gasteiger charge is 2.28. The van der Waals surface area contributed by atoms with Crippen molar-refractivity contribution in [3.63, 3.8) is 0 Å². The van der Waals surface area contributed by atoms with E-state index in [1.54, 1.807) is 6.92 Å². The molecule has 1 aromatic carbocycles. The van der Waals surface area contributed by atoms with E-state index in [4.69, 9.17) is 4.74 Å². The van der Waals surface area contributed by atoms with E-state index in [-0.39, 0.29) is 17.8 Å². The monoisotopic (exact) mass is 413 g/mol. The number of nitrogens with one attached hydrogen (secondary N) is 1. The average Bonchev–Trinajstić information content (AvgIpc) is 3.17. The van der Waals surface area contributed by atoms with E-state index in [9.17, 15) is 9.59 Å². The second kappa shape index (κ2) is 10.6. The Morgan fingerprint density at radius 3 is 2.48 bits per heavy atom. The van der Waals surface area contributed by atoms with Gasteiger partial charge in [-0.3, -0.25) is 4.79 Å². The van der Waals surface area contributed by atoms with Crippen LogP contribution in [0.1, 0.15) is 69.2 Å². The van der Waals surface area contributed by atoms with Gasteiger partial charge in [0.2, 0.25) is 5.91 Å². The van der Waals surface area contributed by atoms with Gasteiger partial charge >= 0.3 is 5.97 Å². The fourth-order valence-electron chi connectivity index (χ4n) is 4.11. The van der Waals surface area contributed by atoms with Crippen LogP contribution in [-0.2, 0) is 9.53 Å². The zero-order chi connectivity index (χ0) is 20.6. The Bertz CT molecular complexity index is 807. The van der Waals surface area contributed by atoms with Crippen molar-refractivity contribution in [2.45, 2.75) is 58.8 Å². The largest absolute Gasteiger partial charge is 0.462 e. The zero-order valence-electron chi connectivity index (χ0n) is 17.4. The van der Waals surface area contributed by atoms with Crippen molar-refractivity contribution < 1.29 is 14.3 Å². The molecule has 0 atom stereocenters. The van der Waals surface area contributed by atoms with Crippen LogP contribution in [0.4, 0.5) is 5.00 Å². The third-order valence-corrected chi connectivity index (χ3v) is 6.67. The summed E-state index contributed by atoms with van der Waals surface area (Å²) < 4.78 is 5.28. The maximum absolute atomic E-state index is 12.9. The fraction of sp³-hybridized carbons (Fsp3) is 0.500. The number of rotatable bonds is 8. The second-order valence-corrected chi connectivity index (χ2v) is 8.67. The SMILES string of the molecule is CCCCC1CCC(C(=O)Nc2scc(-c3ccccc3)c2C(=O)OCC)CC1. The van der Waals surface area contributed by atoms with Gasteiger partial charge in [0, 0.05) is 16.9 Å². The van der Waals surface area contributed by atoms with Crippen molar-refractivity contribution in [2.75, 3.05) is 11.9 Å². The van der Waals surface area contributed by atoms with Crippen molar-refractivity contribution >= 4 is 28.2 Å². The highest BCUT2D eigenvalue weighted by molar-refractivity contribution is 7.15. The first-order chi connectivity index (χ1) is 14.1. The lowest BCUT2D eigenvalue weighted by molar-refractivity contribution is -0.121. The molecule has 1 saturated carbocycles. The number of carbonyl (C=O) groups is 2. The van der Waals surface area contributed by atoms with E-state index in [1.165, 1.54) is 30.6 Å². The number of thiophene rings is 1. The molecule has 2 aromatic rings. The van der Waals surface area contributed by atoms with Gasteiger partial charge in [0.05, 0.1) is 6.61 Å². The van der Waals surface area contributed by atoms with Gasteiger partial charge in [-0.05, 0) is 44.1 Å². The third-order valence-electron chi connectivity index (χ3n) is 5.78. The van der Waals surface area contributed by atoms with Crippen LogP contribution in [0.25, 0.3) is 11.1 Å². The molecule has 0 aliphatic heterocycles. The van der Waals surface area contributed by atoms with Crippen LogP contribution < -0.4 is 5.32 Å². The molecule has 1 aliphatic rings. The summed E-state index contributed by atoms with van der Waals surface area (Å²) in [6.45, 7) is 4.32. The van der Waals surface area contributed by atoms with E-state index in [0.717, 1.165) is 42.7 Å². The number of carbonyl (C=O) groups excluding carboxylic acids is 2. The Morgan fingerprint density at radius 2 is 1.83 bits per heavy atom. The number of unbranched alkanes of at least 4 members (excludes halogenated alkanes) is 1. The molecule has 0 saturated heterocycles. The predicted molar refractivity (Wildman–Crippen MR) is 119 cm³/mol. The first-order valence-corrected chi connectivity index (χ1v) is 11.7. The summed E-state index contributed by atoms with van der Waals surface area (Å²) in [6, 6.07) is 9.76. The molecule has 0 spiro atoms. The number of esters is 1. The van der Waals surface area contributed by atoms with Crippen molar-refractivity contribution in [2.24, 2.45) is 11.8 Å². The van der Waals surface area contributed by atoms with Crippen molar-refractivity contribution in [3.05, 3.63) is 41.3 Å². The number of hydrogen-bond donors (Lipinski definition) is 1. The molecule has 0 unspecified atom stereocenters. The molecule has 0 bridgehead atoms. The van der Waals surface area contributed by atoms with Crippen LogP contribution in [-0.4, -0.2) is 18.5 Å². The van der Waals surface area contributed by atoms with E-state index in [1.807, 2.05) is 35.7 Å². The van der Waals surface area contributed by atoms with Crippen LogP contribution in [0.15, 0.2) is 35.7 Å². The van der Waals surface area contributed by atoms with Gasteiger partial charge < -0.3 is 10.1 Å². The molecule has 0 radical (unpaired) electrons. The number of ether oxygens (including phenoxy) is 1. The lowest BCUT2D eigenvalue weighted by Gasteiger charge is -2.27. The minimum Gasteiger partial charge on any atom is -0.462 e. The van der Waals surface area contributed by atoms with Gasteiger partial charge in [0.25, 0.3) is 0 Å². The molecule has 5 heteroatoms. The molecular formula is C24H31NO3S. The molecule has 1 aromatic heterocycles. The minimum absolute atomic E-state index is 0.0326. The molecule has 1 heterocycles. The van der Waals surface area contributed by atoms with Crippen molar-refractivity contribution in [1.82, 2.24) is 0 Å². The van der Waals surface area contributed by atoms with Gasteiger partial charge in [-0.25, -0.2) is 4.79 Å². The average molecular weight is 414 g/mol. The topological polar surface area (TPSA) is 55.4 Å². The quantitative estimate of drug-likeness (QED) is 0.501. The summed E-state index contributed by atoms with van der Waals surface area (Å²) in [4.78, 5) is 25.6. The summed E-state index contributed by atoms with van der Waals surface area (Å²) in [6.07, 6.45) is 7.92. The van der Waals surface area contributed by atoms with Gasteiger partial charge in [-0.2, -0.15) is 0 Å². The van der Waals surface area contributed by atoms with Crippen LogP contribution in [0.3, 0.4) is 0 Å². The minimum atomic E-state index is -0.383. The maximum Gasteiger partial charge on any atom is 0.341 e. The summed E-state index contributed by atoms with van der Waals surface area (Å²) in [5.74, 6) is 0.447. The smallest absolute Gasteiger partial charge is 0.341 e. The van der Waals surface area contributed by atoms with Crippen LogP contribution in [0.2, 0.25) is 0 Å². The van der Waals surface area contributed by atoms with Gasteiger partial charge in [0.15, 0.2) is 0 Å².